The molecule has 1 atom stereocenters. The average Bonchev–Trinajstić information content (AvgIpc) is 2.84. The maximum absolute atomic E-state index is 13.4. The first-order valence-corrected chi connectivity index (χ1v) is 14.2. The summed E-state index contributed by atoms with van der Waals surface area (Å²) < 4.78 is 37.3. The third-order valence-corrected chi connectivity index (χ3v) is 6.88. The smallest absolute Gasteiger partial charge is 0.242 e. The van der Waals surface area contributed by atoms with Gasteiger partial charge in [-0.2, -0.15) is 0 Å². The Bertz CT molecular complexity index is 1140. The van der Waals surface area contributed by atoms with Crippen LogP contribution < -0.4 is 19.1 Å². The molecular formula is C27H39N3O6S. The van der Waals surface area contributed by atoms with Crippen molar-refractivity contribution in [2.45, 2.75) is 59.2 Å². The number of methoxy groups -OCH3 is 1. The lowest BCUT2D eigenvalue weighted by atomic mass is 10.1. The molecule has 37 heavy (non-hydrogen) atoms. The lowest BCUT2D eigenvalue weighted by Gasteiger charge is -2.30. The van der Waals surface area contributed by atoms with Crippen molar-refractivity contribution < 1.29 is 27.5 Å². The molecule has 0 heterocycles. The fourth-order valence-electron chi connectivity index (χ4n) is 3.84. The van der Waals surface area contributed by atoms with Crippen LogP contribution in [-0.4, -0.2) is 63.7 Å². The van der Waals surface area contributed by atoms with E-state index >= 15 is 0 Å². The van der Waals surface area contributed by atoms with Gasteiger partial charge in [0.05, 0.1) is 25.7 Å². The highest BCUT2D eigenvalue weighted by atomic mass is 32.2. The molecule has 1 unspecified atom stereocenters. The first-order valence-electron chi connectivity index (χ1n) is 12.4. The normalized spacial score (nSPS) is 12.1. The van der Waals surface area contributed by atoms with Crippen molar-refractivity contribution in [3.05, 3.63) is 54.1 Å². The summed E-state index contributed by atoms with van der Waals surface area (Å²) in [6, 6.07) is 13.4. The summed E-state index contributed by atoms with van der Waals surface area (Å²) in [5.41, 5.74) is 1.28. The maximum atomic E-state index is 13.4. The Labute approximate surface area is 220 Å². The Morgan fingerprint density at radius 2 is 1.68 bits per heavy atom. The van der Waals surface area contributed by atoms with Crippen molar-refractivity contribution in [2.24, 2.45) is 0 Å². The number of hydrogen-bond acceptors (Lipinski definition) is 6. The van der Waals surface area contributed by atoms with Gasteiger partial charge in [0.15, 0.2) is 0 Å². The number of carbonyl (C=O) groups excluding carboxylic acids is 2. The zero-order chi connectivity index (χ0) is 27.6. The molecule has 2 aromatic carbocycles. The van der Waals surface area contributed by atoms with Gasteiger partial charge in [0, 0.05) is 25.6 Å². The first-order chi connectivity index (χ1) is 17.5. The molecule has 0 aliphatic rings. The molecule has 0 aliphatic heterocycles. The van der Waals surface area contributed by atoms with Crippen LogP contribution in [0.5, 0.6) is 11.5 Å². The zero-order valence-electron chi connectivity index (χ0n) is 22.6. The van der Waals surface area contributed by atoms with Gasteiger partial charge < -0.3 is 19.7 Å². The number of anilines is 1. The molecule has 0 bridgehead atoms. The number of ether oxygens (including phenoxy) is 2. The molecule has 0 radical (unpaired) electrons. The largest absolute Gasteiger partial charge is 0.497 e. The molecule has 0 fully saturated rings. The van der Waals surface area contributed by atoms with E-state index in [1.54, 1.807) is 50.4 Å². The summed E-state index contributed by atoms with van der Waals surface area (Å²) in [5, 5.41) is 2.86. The third kappa shape index (κ3) is 8.96. The van der Waals surface area contributed by atoms with Crippen molar-refractivity contribution in [1.82, 2.24) is 10.2 Å². The van der Waals surface area contributed by atoms with Gasteiger partial charge >= 0.3 is 0 Å². The van der Waals surface area contributed by atoms with Crippen LogP contribution in [0, 0.1) is 0 Å². The number of nitrogens with zero attached hydrogens (tertiary/aromatic N) is 2. The highest BCUT2D eigenvalue weighted by Crippen LogP contribution is 2.30. The van der Waals surface area contributed by atoms with Gasteiger partial charge in [-0.3, -0.25) is 13.9 Å². The highest BCUT2D eigenvalue weighted by molar-refractivity contribution is 7.92. The van der Waals surface area contributed by atoms with Gasteiger partial charge in [-0.15, -0.1) is 0 Å². The van der Waals surface area contributed by atoms with Crippen molar-refractivity contribution in [3.63, 3.8) is 0 Å². The lowest BCUT2D eigenvalue weighted by molar-refractivity contribution is -0.140. The molecule has 204 valence electrons. The molecule has 0 spiro atoms. The number of hydrogen-bond donors (Lipinski definition) is 1. The van der Waals surface area contributed by atoms with Crippen LogP contribution in [0.2, 0.25) is 0 Å². The van der Waals surface area contributed by atoms with Crippen LogP contribution in [0.1, 0.15) is 46.1 Å². The molecule has 9 nitrogen and oxygen atoms in total. The van der Waals surface area contributed by atoms with E-state index in [0.717, 1.165) is 11.8 Å². The van der Waals surface area contributed by atoms with E-state index in [9.17, 15) is 18.0 Å². The van der Waals surface area contributed by atoms with Crippen molar-refractivity contribution in [1.29, 1.82) is 0 Å². The monoisotopic (exact) mass is 533 g/mol. The Kier molecular flexibility index (Phi) is 11.2. The van der Waals surface area contributed by atoms with E-state index in [1.165, 1.54) is 9.21 Å². The number of nitrogens with one attached hydrogen (secondary N) is 1. The van der Waals surface area contributed by atoms with Crippen molar-refractivity contribution in [2.75, 3.05) is 30.8 Å². The van der Waals surface area contributed by atoms with Crippen LogP contribution in [-0.2, 0) is 26.2 Å². The number of sulfonamides is 1. The fraction of sp³-hybridized carbons (Fsp3) is 0.481. The minimum Gasteiger partial charge on any atom is -0.497 e. The van der Waals surface area contributed by atoms with Crippen LogP contribution in [0.4, 0.5) is 5.69 Å². The molecule has 10 heteroatoms. The minimum atomic E-state index is -3.62. The maximum Gasteiger partial charge on any atom is 0.242 e. The van der Waals surface area contributed by atoms with Crippen LogP contribution in [0.3, 0.4) is 0 Å². The number of para-hydroxylation sites is 2. The first kappa shape index (κ1) is 30.0. The molecule has 0 saturated carbocycles. The molecule has 2 amide bonds. The molecule has 0 saturated heterocycles. The summed E-state index contributed by atoms with van der Waals surface area (Å²) in [4.78, 5) is 27.7. The van der Waals surface area contributed by atoms with E-state index in [0.29, 0.717) is 23.8 Å². The van der Waals surface area contributed by atoms with Crippen molar-refractivity contribution >= 4 is 27.5 Å². The molecular weight excluding hydrogens is 494 g/mol. The SMILES string of the molecule is CCOc1ccccc1N(CCCC(=O)N(Cc1ccc(OC)cc1)C(C)C(=O)NC(C)C)S(C)(=O)=O. The Morgan fingerprint density at radius 1 is 1.03 bits per heavy atom. The Balaban J connectivity index is 2.21. The predicted molar refractivity (Wildman–Crippen MR) is 145 cm³/mol. The van der Waals surface area contributed by atoms with Gasteiger partial charge in [-0.25, -0.2) is 8.42 Å². The van der Waals surface area contributed by atoms with E-state index in [4.69, 9.17) is 9.47 Å². The van der Waals surface area contributed by atoms with Gasteiger partial charge in [-0.1, -0.05) is 24.3 Å². The van der Waals surface area contributed by atoms with Gasteiger partial charge in [0.2, 0.25) is 21.8 Å². The van der Waals surface area contributed by atoms with E-state index in [2.05, 4.69) is 5.32 Å². The van der Waals surface area contributed by atoms with Crippen molar-refractivity contribution in [3.8, 4) is 11.5 Å². The number of carbonyl (C=O) groups is 2. The van der Waals surface area contributed by atoms with Crippen LogP contribution >= 0.6 is 0 Å². The van der Waals surface area contributed by atoms with E-state index in [1.807, 2.05) is 32.9 Å². The summed E-state index contributed by atoms with van der Waals surface area (Å²) in [6.45, 7) is 7.97. The van der Waals surface area contributed by atoms with Gasteiger partial charge in [0.25, 0.3) is 0 Å². The van der Waals surface area contributed by atoms with E-state index < -0.39 is 16.1 Å². The zero-order valence-corrected chi connectivity index (χ0v) is 23.4. The quantitative estimate of drug-likeness (QED) is 0.398. The number of benzene rings is 2. The Morgan fingerprint density at radius 3 is 2.24 bits per heavy atom. The average molecular weight is 534 g/mol. The summed E-state index contributed by atoms with van der Waals surface area (Å²) in [6.07, 6.45) is 1.47. The minimum absolute atomic E-state index is 0.0677. The van der Waals surface area contributed by atoms with Crippen LogP contribution in [0.25, 0.3) is 0 Å². The molecule has 2 aromatic rings. The second-order valence-electron chi connectivity index (χ2n) is 9.05. The Hall–Kier alpha value is -3.27. The highest BCUT2D eigenvalue weighted by Gasteiger charge is 2.27. The number of rotatable bonds is 14. The molecule has 0 aromatic heterocycles. The van der Waals surface area contributed by atoms with E-state index in [-0.39, 0.29) is 43.8 Å². The second kappa shape index (κ2) is 13.9. The van der Waals surface area contributed by atoms with Gasteiger partial charge in [-0.05, 0) is 63.9 Å². The third-order valence-electron chi connectivity index (χ3n) is 5.70. The summed E-state index contributed by atoms with van der Waals surface area (Å²) in [7, 11) is -2.04. The second-order valence-corrected chi connectivity index (χ2v) is 11.0. The standard InChI is InChI=1S/C27H39N3O6S/c1-7-36-25-12-9-8-11-24(25)30(37(6,33)34)18-10-13-26(31)29(21(4)27(32)28-20(2)3)19-22-14-16-23(35-5)17-15-22/h8-9,11-12,14-17,20-21H,7,10,13,18-19H2,1-6H3,(H,28,32). The molecule has 1 N–H and O–H groups in total. The topological polar surface area (TPSA) is 105 Å². The predicted octanol–water partition coefficient (Wildman–Crippen LogP) is 3.58. The summed E-state index contributed by atoms with van der Waals surface area (Å²) >= 11 is 0. The molecule has 0 aliphatic carbocycles. The van der Waals surface area contributed by atoms with Gasteiger partial charge in [0.1, 0.15) is 17.5 Å². The summed E-state index contributed by atoms with van der Waals surface area (Å²) in [5.74, 6) is 0.663. The molecule has 2 rings (SSSR count). The fourth-order valence-corrected chi connectivity index (χ4v) is 4.81. The number of amides is 2. The van der Waals surface area contributed by atoms with Crippen LogP contribution in [0.15, 0.2) is 48.5 Å². The lowest BCUT2D eigenvalue weighted by Crippen LogP contribution is -2.49.